The number of benzene rings is 2. The number of anilines is 1. The Hall–Kier alpha value is -3.24. The average Bonchev–Trinajstić information content (AvgIpc) is 2.73. The lowest BCUT2D eigenvalue weighted by molar-refractivity contribution is -0.117. The van der Waals surface area contributed by atoms with Crippen molar-refractivity contribution in [1.29, 1.82) is 0 Å². The summed E-state index contributed by atoms with van der Waals surface area (Å²) in [6, 6.07) is 11.7. The van der Waals surface area contributed by atoms with E-state index in [1.54, 1.807) is 25.1 Å². The molecule has 0 radical (unpaired) electrons. The SMILES string of the molecule is CCC(C)NS(=O)(=O)c1ccc(C(=O)Nc2ccccc2C(=O)NCCC(N)=O)cc1. The van der Waals surface area contributed by atoms with E-state index in [0.29, 0.717) is 6.42 Å². The molecule has 3 amide bonds. The van der Waals surface area contributed by atoms with Gasteiger partial charge in [0.05, 0.1) is 16.1 Å². The lowest BCUT2D eigenvalue weighted by atomic mass is 10.1. The summed E-state index contributed by atoms with van der Waals surface area (Å²) in [5.41, 5.74) is 5.78. The van der Waals surface area contributed by atoms with Crippen LogP contribution in [-0.4, -0.2) is 38.7 Å². The standard InChI is InChI=1S/C21H26N4O5S/c1-3-14(2)25-31(29,30)16-10-8-15(9-11-16)20(27)24-18-7-5-4-6-17(18)21(28)23-13-12-19(22)26/h4-11,14,25H,3,12-13H2,1-2H3,(H2,22,26)(H,23,28)(H,24,27). The van der Waals surface area contributed by atoms with Gasteiger partial charge in [-0.15, -0.1) is 0 Å². The molecule has 0 heterocycles. The topological polar surface area (TPSA) is 147 Å². The largest absolute Gasteiger partial charge is 0.370 e. The molecule has 2 rings (SSSR count). The van der Waals surface area contributed by atoms with Gasteiger partial charge >= 0.3 is 0 Å². The molecule has 0 aromatic heterocycles. The number of primary amides is 1. The lowest BCUT2D eigenvalue weighted by Gasteiger charge is -2.13. The van der Waals surface area contributed by atoms with Crippen LogP contribution in [0.15, 0.2) is 53.4 Å². The van der Waals surface area contributed by atoms with E-state index in [2.05, 4.69) is 15.4 Å². The lowest BCUT2D eigenvalue weighted by Crippen LogP contribution is -2.32. The third-order valence-corrected chi connectivity index (χ3v) is 6.08. The zero-order chi connectivity index (χ0) is 23.0. The Labute approximate surface area is 181 Å². The van der Waals surface area contributed by atoms with Gasteiger partial charge in [-0.1, -0.05) is 19.1 Å². The Balaban J connectivity index is 2.12. The summed E-state index contributed by atoms with van der Waals surface area (Å²) in [7, 11) is -3.67. The van der Waals surface area contributed by atoms with E-state index < -0.39 is 27.7 Å². The third-order valence-electron chi connectivity index (χ3n) is 4.47. The normalized spacial score (nSPS) is 12.1. The zero-order valence-electron chi connectivity index (χ0n) is 17.3. The van der Waals surface area contributed by atoms with Crippen LogP contribution in [0.25, 0.3) is 0 Å². The highest BCUT2D eigenvalue weighted by Crippen LogP contribution is 2.17. The molecule has 5 N–H and O–H groups in total. The predicted molar refractivity (Wildman–Crippen MR) is 117 cm³/mol. The van der Waals surface area contributed by atoms with Gasteiger partial charge in [-0.05, 0) is 49.7 Å². The Morgan fingerprint density at radius 3 is 2.26 bits per heavy atom. The van der Waals surface area contributed by atoms with Crippen molar-refractivity contribution in [3.05, 3.63) is 59.7 Å². The molecule has 0 saturated heterocycles. The number of sulfonamides is 1. The van der Waals surface area contributed by atoms with Gasteiger partial charge in [-0.3, -0.25) is 14.4 Å². The van der Waals surface area contributed by atoms with Crippen molar-refractivity contribution >= 4 is 33.4 Å². The van der Waals surface area contributed by atoms with Gasteiger partial charge < -0.3 is 16.4 Å². The maximum Gasteiger partial charge on any atom is 0.255 e. The summed E-state index contributed by atoms with van der Waals surface area (Å²) in [6.07, 6.45) is 0.649. The number of nitrogens with two attached hydrogens (primary N) is 1. The molecule has 9 nitrogen and oxygen atoms in total. The summed E-state index contributed by atoms with van der Waals surface area (Å²) in [6.45, 7) is 3.72. The van der Waals surface area contributed by atoms with Crippen molar-refractivity contribution in [1.82, 2.24) is 10.0 Å². The zero-order valence-corrected chi connectivity index (χ0v) is 18.2. The number of para-hydroxylation sites is 1. The van der Waals surface area contributed by atoms with E-state index >= 15 is 0 Å². The minimum absolute atomic E-state index is 0.00140. The second kappa shape index (κ2) is 10.7. The molecule has 1 unspecified atom stereocenters. The number of hydrogen-bond acceptors (Lipinski definition) is 5. The number of hydrogen-bond donors (Lipinski definition) is 4. The van der Waals surface area contributed by atoms with E-state index in [4.69, 9.17) is 5.73 Å². The molecule has 10 heteroatoms. The van der Waals surface area contributed by atoms with Gasteiger partial charge in [0.25, 0.3) is 11.8 Å². The van der Waals surface area contributed by atoms with Crippen LogP contribution < -0.4 is 21.1 Å². The molecule has 0 aliphatic rings. The van der Waals surface area contributed by atoms with Crippen molar-refractivity contribution < 1.29 is 22.8 Å². The fourth-order valence-electron chi connectivity index (χ4n) is 2.58. The van der Waals surface area contributed by atoms with E-state index in [1.165, 1.54) is 30.3 Å². The van der Waals surface area contributed by atoms with E-state index in [1.807, 2.05) is 6.92 Å². The quantitative estimate of drug-likeness (QED) is 0.438. The number of amides is 3. The van der Waals surface area contributed by atoms with Gasteiger partial charge in [-0.2, -0.15) is 0 Å². The fraction of sp³-hybridized carbons (Fsp3) is 0.286. The highest BCUT2D eigenvalue weighted by molar-refractivity contribution is 7.89. The van der Waals surface area contributed by atoms with Gasteiger partial charge in [0.2, 0.25) is 15.9 Å². The highest BCUT2D eigenvalue weighted by atomic mass is 32.2. The van der Waals surface area contributed by atoms with Gasteiger partial charge in [0.15, 0.2) is 0 Å². The number of carbonyl (C=O) groups is 3. The molecular weight excluding hydrogens is 420 g/mol. The summed E-state index contributed by atoms with van der Waals surface area (Å²) >= 11 is 0. The van der Waals surface area contributed by atoms with Crippen LogP contribution in [0.4, 0.5) is 5.69 Å². The third kappa shape index (κ3) is 6.90. The first-order valence-electron chi connectivity index (χ1n) is 9.73. The predicted octanol–water partition coefficient (Wildman–Crippen LogP) is 1.62. The molecule has 2 aromatic rings. The van der Waals surface area contributed by atoms with Crippen LogP contribution in [0.1, 0.15) is 47.4 Å². The first kappa shape index (κ1) is 24.0. The minimum Gasteiger partial charge on any atom is -0.370 e. The van der Waals surface area contributed by atoms with Crippen molar-refractivity contribution in [3.8, 4) is 0 Å². The summed E-state index contributed by atoms with van der Waals surface area (Å²) in [5.74, 6) is -1.50. The second-order valence-electron chi connectivity index (χ2n) is 6.93. The summed E-state index contributed by atoms with van der Waals surface area (Å²) in [5, 5.41) is 5.21. The van der Waals surface area contributed by atoms with Crippen LogP contribution in [0, 0.1) is 0 Å². The molecule has 0 saturated carbocycles. The van der Waals surface area contributed by atoms with Crippen LogP contribution in [0.5, 0.6) is 0 Å². The minimum atomic E-state index is -3.67. The number of rotatable bonds is 10. The first-order valence-corrected chi connectivity index (χ1v) is 11.2. The van der Waals surface area contributed by atoms with E-state index in [9.17, 15) is 22.8 Å². The van der Waals surface area contributed by atoms with Crippen molar-refractivity contribution in [2.24, 2.45) is 5.73 Å². The molecule has 1 atom stereocenters. The smallest absolute Gasteiger partial charge is 0.255 e. The van der Waals surface area contributed by atoms with E-state index in [0.717, 1.165) is 0 Å². The Bertz CT molecular complexity index is 1050. The number of carbonyl (C=O) groups excluding carboxylic acids is 3. The van der Waals surface area contributed by atoms with Gasteiger partial charge in [0.1, 0.15) is 0 Å². The van der Waals surface area contributed by atoms with Crippen molar-refractivity contribution in [3.63, 3.8) is 0 Å². The first-order chi connectivity index (χ1) is 14.6. The Morgan fingerprint density at radius 1 is 1.00 bits per heavy atom. The molecule has 0 spiro atoms. The maximum absolute atomic E-state index is 12.6. The Kier molecular flexibility index (Phi) is 8.29. The van der Waals surface area contributed by atoms with Crippen molar-refractivity contribution in [2.45, 2.75) is 37.6 Å². The fourth-order valence-corrected chi connectivity index (χ4v) is 3.91. The van der Waals surface area contributed by atoms with Gasteiger partial charge in [0, 0.05) is 24.6 Å². The second-order valence-corrected chi connectivity index (χ2v) is 8.64. The molecule has 2 aromatic carbocycles. The van der Waals surface area contributed by atoms with Gasteiger partial charge in [-0.25, -0.2) is 13.1 Å². The molecule has 166 valence electrons. The maximum atomic E-state index is 12.6. The highest BCUT2D eigenvalue weighted by Gasteiger charge is 2.18. The van der Waals surface area contributed by atoms with Crippen LogP contribution >= 0.6 is 0 Å². The van der Waals surface area contributed by atoms with Crippen LogP contribution in [-0.2, 0) is 14.8 Å². The Morgan fingerprint density at radius 2 is 1.65 bits per heavy atom. The van der Waals surface area contributed by atoms with Crippen molar-refractivity contribution in [2.75, 3.05) is 11.9 Å². The molecule has 31 heavy (non-hydrogen) atoms. The van der Waals surface area contributed by atoms with Crippen LogP contribution in [0.3, 0.4) is 0 Å². The average molecular weight is 447 g/mol. The van der Waals surface area contributed by atoms with Crippen LogP contribution in [0.2, 0.25) is 0 Å². The molecule has 0 bridgehead atoms. The van der Waals surface area contributed by atoms with E-state index in [-0.39, 0.29) is 40.7 Å². The molecular formula is C21H26N4O5S. The molecule has 0 fully saturated rings. The summed E-state index contributed by atoms with van der Waals surface area (Å²) < 4.78 is 27.2. The summed E-state index contributed by atoms with van der Waals surface area (Å²) in [4.78, 5) is 35.8. The monoisotopic (exact) mass is 446 g/mol. The number of nitrogens with one attached hydrogen (secondary N) is 3. The molecule has 0 aliphatic heterocycles. The molecule has 0 aliphatic carbocycles.